The van der Waals surface area contributed by atoms with Gasteiger partial charge in [-0.2, -0.15) is 4.99 Å². The van der Waals surface area contributed by atoms with E-state index < -0.39 is 0 Å². The highest BCUT2D eigenvalue weighted by molar-refractivity contribution is 8.18. The van der Waals surface area contributed by atoms with Crippen LogP contribution in [0.3, 0.4) is 0 Å². The number of likely N-dealkylation sites (N-methyl/N-ethyl adjacent to an activating group) is 1. The van der Waals surface area contributed by atoms with Crippen molar-refractivity contribution < 1.29 is 9.18 Å². The number of amides is 1. The second-order valence-electron chi connectivity index (χ2n) is 5.09. The van der Waals surface area contributed by atoms with Gasteiger partial charge in [0.15, 0.2) is 5.17 Å². The molecule has 0 atom stereocenters. The number of hydrogen-bond acceptors (Lipinski definition) is 5. The molecule has 0 N–H and O–H groups in total. The number of thiazole rings is 1. The summed E-state index contributed by atoms with van der Waals surface area (Å²) in [6.07, 6.45) is 0. The second kappa shape index (κ2) is 6.25. The zero-order valence-corrected chi connectivity index (χ0v) is 14.5. The molecular formula is C16H14FN3OS2. The second-order valence-corrected chi connectivity index (χ2v) is 6.91. The fraction of sp³-hybridized carbons (Fsp3) is 0.188. The summed E-state index contributed by atoms with van der Waals surface area (Å²) in [5, 5.41) is 3.15. The van der Waals surface area contributed by atoms with Crippen LogP contribution in [-0.2, 0) is 4.79 Å². The van der Waals surface area contributed by atoms with Crippen LogP contribution in [0.4, 0.5) is 9.52 Å². The first-order valence-electron chi connectivity index (χ1n) is 6.89. The highest BCUT2D eigenvalue weighted by atomic mass is 32.2. The smallest absolute Gasteiger partial charge is 0.266 e. The normalized spacial score (nSPS) is 18.9. The SMILES string of the molecule is C/C(=C1/S/C(=N/c2nc(C)cs2)N(C)C1=O)c1ccc(F)cc1. The van der Waals surface area contributed by atoms with Crippen LogP contribution in [0.25, 0.3) is 5.57 Å². The maximum absolute atomic E-state index is 13.1. The van der Waals surface area contributed by atoms with Crippen molar-refractivity contribution in [3.63, 3.8) is 0 Å². The van der Waals surface area contributed by atoms with E-state index in [4.69, 9.17) is 0 Å². The van der Waals surface area contributed by atoms with Gasteiger partial charge in [0.05, 0.1) is 10.6 Å². The Morgan fingerprint density at radius 3 is 2.61 bits per heavy atom. The Morgan fingerprint density at radius 1 is 1.30 bits per heavy atom. The van der Waals surface area contributed by atoms with E-state index in [9.17, 15) is 9.18 Å². The summed E-state index contributed by atoms with van der Waals surface area (Å²) in [7, 11) is 1.69. The molecule has 0 bridgehead atoms. The lowest BCUT2D eigenvalue weighted by molar-refractivity contribution is -0.121. The molecule has 0 radical (unpaired) electrons. The molecule has 1 aliphatic heterocycles. The fourth-order valence-corrected chi connectivity index (χ4v) is 3.84. The summed E-state index contributed by atoms with van der Waals surface area (Å²) in [6.45, 7) is 3.76. The van der Waals surface area contributed by atoms with Crippen molar-refractivity contribution in [1.29, 1.82) is 0 Å². The standard InChI is InChI=1S/C16H14FN3OS2/c1-9-8-22-15(18-9)19-16-20(3)14(21)13(23-16)10(2)11-4-6-12(17)7-5-11/h4-8H,1-3H3/b13-10-,19-16+. The van der Waals surface area contributed by atoms with E-state index in [1.807, 2.05) is 19.2 Å². The van der Waals surface area contributed by atoms with Gasteiger partial charge in [-0.25, -0.2) is 9.37 Å². The minimum Gasteiger partial charge on any atom is -0.289 e. The van der Waals surface area contributed by atoms with E-state index >= 15 is 0 Å². The first kappa shape index (κ1) is 15.9. The number of aromatic nitrogens is 1. The van der Waals surface area contributed by atoms with Crippen LogP contribution >= 0.6 is 23.1 Å². The molecule has 1 aromatic carbocycles. The van der Waals surface area contributed by atoms with Gasteiger partial charge >= 0.3 is 0 Å². The molecule has 0 saturated carbocycles. The molecule has 4 nitrogen and oxygen atoms in total. The molecule has 2 aromatic rings. The molecule has 1 saturated heterocycles. The molecule has 1 fully saturated rings. The van der Waals surface area contributed by atoms with Gasteiger partial charge in [-0.3, -0.25) is 9.69 Å². The Hall–Kier alpha value is -1.99. The van der Waals surface area contributed by atoms with Crippen LogP contribution in [0.5, 0.6) is 0 Å². The lowest BCUT2D eigenvalue weighted by Crippen LogP contribution is -2.23. The molecule has 7 heteroatoms. The van der Waals surface area contributed by atoms with E-state index in [-0.39, 0.29) is 11.7 Å². The molecule has 0 aliphatic carbocycles. The number of rotatable bonds is 2. The molecular weight excluding hydrogens is 333 g/mol. The Morgan fingerprint density at radius 2 is 2.00 bits per heavy atom. The van der Waals surface area contributed by atoms with Crippen LogP contribution in [0, 0.1) is 12.7 Å². The first-order valence-corrected chi connectivity index (χ1v) is 8.59. The summed E-state index contributed by atoms with van der Waals surface area (Å²) < 4.78 is 13.1. The van der Waals surface area contributed by atoms with Gasteiger partial charge in [0.2, 0.25) is 5.13 Å². The van der Waals surface area contributed by atoms with E-state index in [0.717, 1.165) is 16.8 Å². The van der Waals surface area contributed by atoms with Crippen molar-refractivity contribution in [1.82, 2.24) is 9.88 Å². The molecule has 1 amide bonds. The maximum Gasteiger partial charge on any atom is 0.266 e. The largest absolute Gasteiger partial charge is 0.289 e. The summed E-state index contributed by atoms with van der Waals surface area (Å²) in [6, 6.07) is 6.12. The van der Waals surface area contributed by atoms with Crippen LogP contribution in [0.2, 0.25) is 0 Å². The number of benzene rings is 1. The van der Waals surface area contributed by atoms with Gasteiger partial charge in [-0.05, 0) is 48.9 Å². The Bertz CT molecular complexity index is 824. The van der Waals surface area contributed by atoms with Gasteiger partial charge in [0, 0.05) is 12.4 Å². The summed E-state index contributed by atoms with van der Waals surface area (Å²) in [5.41, 5.74) is 2.54. The van der Waals surface area contributed by atoms with Crippen LogP contribution in [0.15, 0.2) is 39.5 Å². The van der Waals surface area contributed by atoms with Gasteiger partial charge in [0.1, 0.15) is 5.82 Å². The fourth-order valence-electron chi connectivity index (χ4n) is 2.08. The monoisotopic (exact) mass is 347 g/mol. The third-order valence-corrected chi connectivity index (χ3v) is 5.48. The van der Waals surface area contributed by atoms with Gasteiger partial charge < -0.3 is 0 Å². The van der Waals surface area contributed by atoms with Gasteiger partial charge in [-0.1, -0.05) is 12.1 Å². The molecule has 0 unspecified atom stereocenters. The summed E-state index contributed by atoms with van der Waals surface area (Å²) in [5.74, 6) is -0.403. The number of aliphatic imine (C=N–C) groups is 1. The lowest BCUT2D eigenvalue weighted by atomic mass is 10.1. The number of allylic oxidation sites excluding steroid dienone is 1. The first-order chi connectivity index (χ1) is 11.0. The molecule has 0 spiro atoms. The van der Waals surface area contributed by atoms with Crippen molar-refractivity contribution in [3.8, 4) is 0 Å². The number of nitrogens with zero attached hydrogens (tertiary/aromatic N) is 3. The van der Waals surface area contributed by atoms with E-state index in [1.165, 1.54) is 40.1 Å². The number of thioether (sulfide) groups is 1. The number of aryl methyl sites for hydroxylation is 1. The number of hydrogen-bond donors (Lipinski definition) is 0. The van der Waals surface area contributed by atoms with E-state index in [2.05, 4.69) is 9.98 Å². The molecule has 1 aliphatic rings. The Balaban J connectivity index is 1.95. The minimum absolute atomic E-state index is 0.108. The number of carbonyl (C=O) groups is 1. The van der Waals surface area contributed by atoms with E-state index in [1.54, 1.807) is 19.2 Å². The zero-order chi connectivity index (χ0) is 16.6. The van der Waals surface area contributed by atoms with Crippen molar-refractivity contribution in [2.75, 3.05) is 7.05 Å². The molecule has 23 heavy (non-hydrogen) atoms. The topological polar surface area (TPSA) is 45.6 Å². The van der Waals surface area contributed by atoms with Crippen molar-refractivity contribution in [2.24, 2.45) is 4.99 Å². The average molecular weight is 347 g/mol. The summed E-state index contributed by atoms with van der Waals surface area (Å²) >= 11 is 2.76. The summed E-state index contributed by atoms with van der Waals surface area (Å²) in [4.78, 5) is 23.3. The van der Waals surface area contributed by atoms with Crippen LogP contribution in [0.1, 0.15) is 18.2 Å². The molecule has 2 heterocycles. The van der Waals surface area contributed by atoms with Crippen molar-refractivity contribution in [2.45, 2.75) is 13.8 Å². The van der Waals surface area contributed by atoms with Crippen molar-refractivity contribution in [3.05, 3.63) is 51.6 Å². The predicted molar refractivity (Wildman–Crippen MR) is 93.3 cm³/mol. The van der Waals surface area contributed by atoms with Crippen LogP contribution < -0.4 is 0 Å². The number of halogens is 1. The van der Waals surface area contributed by atoms with Gasteiger partial charge in [-0.15, -0.1) is 11.3 Å². The van der Waals surface area contributed by atoms with E-state index in [0.29, 0.717) is 15.2 Å². The Labute approximate surface area is 141 Å². The Kier molecular flexibility index (Phi) is 4.32. The highest BCUT2D eigenvalue weighted by Gasteiger charge is 2.32. The highest BCUT2D eigenvalue weighted by Crippen LogP contribution is 2.37. The van der Waals surface area contributed by atoms with Gasteiger partial charge in [0.25, 0.3) is 5.91 Å². The third-order valence-electron chi connectivity index (χ3n) is 3.40. The average Bonchev–Trinajstić information content (AvgIpc) is 3.06. The molecule has 3 rings (SSSR count). The quantitative estimate of drug-likeness (QED) is 0.764. The maximum atomic E-state index is 13.1. The lowest BCUT2D eigenvalue weighted by Gasteiger charge is -2.06. The zero-order valence-electron chi connectivity index (χ0n) is 12.8. The molecule has 118 valence electrons. The van der Waals surface area contributed by atoms with Crippen molar-refractivity contribution >= 4 is 44.9 Å². The third kappa shape index (κ3) is 3.20. The number of amidine groups is 1. The molecule has 1 aromatic heterocycles. The minimum atomic E-state index is -0.296. The van der Waals surface area contributed by atoms with Crippen LogP contribution in [-0.4, -0.2) is 28.0 Å². The number of carbonyl (C=O) groups excluding carboxylic acids is 1. The predicted octanol–water partition coefficient (Wildman–Crippen LogP) is 4.21.